The Hall–Kier alpha value is -2.62. The molecular formula is C17H16N2O2. The predicted octanol–water partition coefficient (Wildman–Crippen LogP) is 2.38. The smallest absolute Gasteiger partial charge is 0.251 e. The minimum Gasteiger partial charge on any atom is -0.272 e. The Morgan fingerprint density at radius 3 is 1.67 bits per heavy atom. The van der Waals surface area contributed by atoms with E-state index in [1.54, 1.807) is 12.1 Å². The first kappa shape index (κ1) is 13.4. The van der Waals surface area contributed by atoms with Gasteiger partial charge in [0.15, 0.2) is 0 Å². The second-order valence-electron chi connectivity index (χ2n) is 5.06. The van der Waals surface area contributed by atoms with Crippen molar-refractivity contribution in [2.24, 2.45) is 0 Å². The van der Waals surface area contributed by atoms with Gasteiger partial charge < -0.3 is 0 Å². The first-order chi connectivity index (χ1) is 10.2. The Labute approximate surface area is 123 Å². The van der Waals surface area contributed by atoms with Crippen molar-refractivity contribution < 1.29 is 9.59 Å². The SMILES string of the molecule is CN1C(=O)CC(=O)N1C(c1ccccc1)c1ccccc1. The fraction of sp³-hybridized carbons (Fsp3) is 0.176. The van der Waals surface area contributed by atoms with Gasteiger partial charge >= 0.3 is 0 Å². The van der Waals surface area contributed by atoms with Gasteiger partial charge in [-0.3, -0.25) is 14.6 Å². The molecule has 2 aromatic rings. The molecule has 0 atom stereocenters. The van der Waals surface area contributed by atoms with Gasteiger partial charge in [-0.15, -0.1) is 0 Å². The Bertz CT molecular complexity index is 616. The van der Waals surface area contributed by atoms with E-state index in [9.17, 15) is 9.59 Å². The molecule has 4 nitrogen and oxygen atoms in total. The van der Waals surface area contributed by atoms with E-state index in [4.69, 9.17) is 0 Å². The number of amides is 2. The molecule has 0 bridgehead atoms. The molecule has 0 aromatic heterocycles. The molecule has 0 saturated carbocycles. The molecule has 1 aliphatic heterocycles. The zero-order valence-corrected chi connectivity index (χ0v) is 11.8. The van der Waals surface area contributed by atoms with Gasteiger partial charge in [-0.1, -0.05) is 60.7 Å². The fourth-order valence-corrected chi connectivity index (χ4v) is 2.67. The normalized spacial score (nSPS) is 15.1. The van der Waals surface area contributed by atoms with E-state index in [1.807, 2.05) is 60.7 Å². The van der Waals surface area contributed by atoms with E-state index in [0.717, 1.165) is 11.1 Å². The lowest BCUT2D eigenvalue weighted by molar-refractivity contribution is -0.147. The Kier molecular flexibility index (Phi) is 3.44. The second-order valence-corrected chi connectivity index (χ2v) is 5.06. The van der Waals surface area contributed by atoms with Crippen molar-refractivity contribution in [3.05, 3.63) is 71.8 Å². The van der Waals surface area contributed by atoms with Crippen LogP contribution in [-0.2, 0) is 9.59 Å². The number of nitrogens with zero attached hydrogens (tertiary/aromatic N) is 2. The van der Waals surface area contributed by atoms with E-state index < -0.39 is 0 Å². The van der Waals surface area contributed by atoms with Gasteiger partial charge in [0.05, 0.1) is 0 Å². The van der Waals surface area contributed by atoms with Crippen molar-refractivity contribution in [1.82, 2.24) is 10.0 Å². The van der Waals surface area contributed by atoms with Gasteiger partial charge in [-0.2, -0.15) is 0 Å². The maximum absolute atomic E-state index is 12.2. The van der Waals surface area contributed by atoms with Gasteiger partial charge in [-0.05, 0) is 11.1 Å². The molecule has 106 valence electrons. The van der Waals surface area contributed by atoms with E-state index in [1.165, 1.54) is 5.01 Å². The average Bonchev–Trinajstić information content (AvgIpc) is 2.76. The molecule has 1 fully saturated rings. The third-order valence-corrected chi connectivity index (χ3v) is 3.72. The van der Waals surface area contributed by atoms with E-state index >= 15 is 0 Å². The molecule has 0 spiro atoms. The lowest BCUT2D eigenvalue weighted by atomic mass is 9.98. The van der Waals surface area contributed by atoms with Crippen LogP contribution in [0.2, 0.25) is 0 Å². The molecule has 4 heteroatoms. The summed E-state index contributed by atoms with van der Waals surface area (Å²) in [5.41, 5.74) is 1.97. The highest BCUT2D eigenvalue weighted by Crippen LogP contribution is 2.32. The predicted molar refractivity (Wildman–Crippen MR) is 79.0 cm³/mol. The second kappa shape index (κ2) is 5.40. The molecular weight excluding hydrogens is 264 g/mol. The van der Waals surface area contributed by atoms with Crippen LogP contribution >= 0.6 is 0 Å². The van der Waals surface area contributed by atoms with Gasteiger partial charge in [0.1, 0.15) is 12.5 Å². The molecule has 2 aromatic carbocycles. The minimum atomic E-state index is -0.281. The molecule has 1 heterocycles. The van der Waals surface area contributed by atoms with Crippen LogP contribution in [0.4, 0.5) is 0 Å². The highest BCUT2D eigenvalue weighted by Gasteiger charge is 2.39. The molecule has 1 aliphatic rings. The third-order valence-electron chi connectivity index (χ3n) is 3.72. The molecule has 21 heavy (non-hydrogen) atoms. The molecule has 1 saturated heterocycles. The van der Waals surface area contributed by atoms with Gasteiger partial charge in [-0.25, -0.2) is 5.01 Å². The number of carbonyl (C=O) groups is 2. The summed E-state index contributed by atoms with van der Waals surface area (Å²) >= 11 is 0. The number of benzene rings is 2. The highest BCUT2D eigenvalue weighted by molar-refractivity contribution is 6.02. The number of hydrazine groups is 1. The van der Waals surface area contributed by atoms with Crippen LogP contribution < -0.4 is 0 Å². The van der Waals surface area contributed by atoms with Crippen LogP contribution in [-0.4, -0.2) is 28.9 Å². The largest absolute Gasteiger partial charge is 0.272 e. The van der Waals surface area contributed by atoms with Gasteiger partial charge in [0, 0.05) is 7.05 Å². The Morgan fingerprint density at radius 2 is 1.29 bits per heavy atom. The van der Waals surface area contributed by atoms with Crippen LogP contribution in [0.25, 0.3) is 0 Å². The zero-order valence-electron chi connectivity index (χ0n) is 11.8. The van der Waals surface area contributed by atoms with E-state index in [-0.39, 0.29) is 24.3 Å². The van der Waals surface area contributed by atoms with Crippen LogP contribution in [0.3, 0.4) is 0 Å². The molecule has 0 unspecified atom stereocenters. The standard InChI is InChI=1S/C17H16N2O2/c1-18-15(20)12-16(21)19(18)17(13-8-4-2-5-9-13)14-10-6-3-7-11-14/h2-11,17H,12H2,1H3. The molecule has 0 aliphatic carbocycles. The van der Waals surface area contributed by atoms with Gasteiger partial charge in [0.2, 0.25) is 5.91 Å². The lowest BCUT2D eigenvalue weighted by Gasteiger charge is -2.33. The molecule has 3 rings (SSSR count). The van der Waals surface area contributed by atoms with Crippen molar-refractivity contribution in [2.45, 2.75) is 12.5 Å². The number of hydrogen-bond donors (Lipinski definition) is 0. The highest BCUT2D eigenvalue weighted by atomic mass is 16.2. The van der Waals surface area contributed by atoms with Crippen molar-refractivity contribution in [2.75, 3.05) is 7.05 Å². The maximum atomic E-state index is 12.2. The Balaban J connectivity index is 2.09. The summed E-state index contributed by atoms with van der Waals surface area (Å²) in [6, 6.07) is 19.2. The van der Waals surface area contributed by atoms with Crippen molar-refractivity contribution in [3.8, 4) is 0 Å². The number of hydrogen-bond acceptors (Lipinski definition) is 2. The van der Waals surface area contributed by atoms with E-state index in [0.29, 0.717) is 0 Å². The van der Waals surface area contributed by atoms with Crippen LogP contribution in [0.1, 0.15) is 23.6 Å². The maximum Gasteiger partial charge on any atom is 0.251 e. The van der Waals surface area contributed by atoms with Crippen LogP contribution in [0.15, 0.2) is 60.7 Å². The Morgan fingerprint density at radius 1 is 0.810 bits per heavy atom. The summed E-state index contributed by atoms with van der Waals surface area (Å²) < 4.78 is 0. The first-order valence-electron chi connectivity index (χ1n) is 6.87. The first-order valence-corrected chi connectivity index (χ1v) is 6.87. The summed E-state index contributed by atoms with van der Waals surface area (Å²) in [5.74, 6) is -0.336. The third kappa shape index (κ3) is 2.40. The summed E-state index contributed by atoms with van der Waals surface area (Å²) in [7, 11) is 1.64. The average molecular weight is 280 g/mol. The quantitative estimate of drug-likeness (QED) is 0.810. The van der Waals surface area contributed by atoms with Crippen molar-refractivity contribution in [1.29, 1.82) is 0 Å². The summed E-state index contributed by atoms with van der Waals surface area (Å²) in [6.45, 7) is 0. The summed E-state index contributed by atoms with van der Waals surface area (Å²) in [6.07, 6.45) is -0.0628. The van der Waals surface area contributed by atoms with E-state index in [2.05, 4.69) is 0 Å². The summed E-state index contributed by atoms with van der Waals surface area (Å²) in [5, 5.41) is 2.97. The number of carbonyl (C=O) groups excluding carboxylic acids is 2. The molecule has 2 amide bonds. The van der Waals surface area contributed by atoms with Crippen LogP contribution in [0.5, 0.6) is 0 Å². The monoisotopic (exact) mass is 280 g/mol. The summed E-state index contributed by atoms with van der Waals surface area (Å²) in [4.78, 5) is 24.1. The zero-order chi connectivity index (χ0) is 14.8. The number of rotatable bonds is 3. The topological polar surface area (TPSA) is 40.6 Å². The van der Waals surface area contributed by atoms with Gasteiger partial charge in [0.25, 0.3) is 5.91 Å². The molecule has 0 radical (unpaired) electrons. The minimum absolute atomic E-state index is 0.0628. The molecule has 0 N–H and O–H groups in total. The van der Waals surface area contributed by atoms with Crippen molar-refractivity contribution in [3.63, 3.8) is 0 Å². The van der Waals surface area contributed by atoms with Crippen LogP contribution in [0, 0.1) is 0 Å². The fourth-order valence-electron chi connectivity index (χ4n) is 2.67. The van der Waals surface area contributed by atoms with Crippen molar-refractivity contribution >= 4 is 11.8 Å². The lowest BCUT2D eigenvalue weighted by Crippen LogP contribution is -2.41.